The lowest BCUT2D eigenvalue weighted by atomic mass is 10.1. The topological polar surface area (TPSA) is 81.3 Å². The maximum Gasteiger partial charge on any atom is 0.240 e. The molecule has 0 amide bonds. The fraction of sp³-hybridized carbons (Fsp3) is 0.167. The largest absolute Gasteiger partial charge is 0.508 e. The second-order valence-corrected chi connectivity index (χ2v) is 3.47. The molecule has 5 heteroatoms. The Labute approximate surface area is 98.9 Å². The SMILES string of the molecule is COc1ncc(CN)nc1-c1ccc(O)cc1. The number of methoxy groups -OCH3 is 1. The lowest BCUT2D eigenvalue weighted by Crippen LogP contribution is -2.03. The molecule has 2 rings (SSSR count). The summed E-state index contributed by atoms with van der Waals surface area (Å²) in [5.74, 6) is 0.642. The van der Waals surface area contributed by atoms with Gasteiger partial charge in [0, 0.05) is 12.1 Å². The van der Waals surface area contributed by atoms with Crippen LogP contribution < -0.4 is 10.5 Å². The quantitative estimate of drug-likeness (QED) is 0.832. The van der Waals surface area contributed by atoms with E-state index in [2.05, 4.69) is 9.97 Å². The molecule has 1 heterocycles. The van der Waals surface area contributed by atoms with Gasteiger partial charge in [-0.25, -0.2) is 9.97 Å². The molecule has 0 aliphatic carbocycles. The fourth-order valence-electron chi connectivity index (χ4n) is 1.47. The highest BCUT2D eigenvalue weighted by molar-refractivity contribution is 5.65. The Morgan fingerprint density at radius 2 is 2.00 bits per heavy atom. The average molecular weight is 231 g/mol. The molecule has 1 aromatic carbocycles. The summed E-state index contributed by atoms with van der Waals surface area (Å²) in [5.41, 5.74) is 7.66. The van der Waals surface area contributed by atoms with Crippen molar-refractivity contribution in [1.29, 1.82) is 0 Å². The minimum absolute atomic E-state index is 0.204. The van der Waals surface area contributed by atoms with Crippen molar-refractivity contribution in [3.05, 3.63) is 36.2 Å². The average Bonchev–Trinajstić information content (AvgIpc) is 2.39. The Morgan fingerprint density at radius 1 is 1.29 bits per heavy atom. The standard InChI is InChI=1S/C12H13N3O2/c1-17-12-11(15-9(6-13)7-14-12)8-2-4-10(16)5-3-8/h2-5,7,16H,6,13H2,1H3. The number of rotatable bonds is 3. The molecule has 0 unspecified atom stereocenters. The zero-order chi connectivity index (χ0) is 12.3. The molecule has 0 fully saturated rings. The van der Waals surface area contributed by atoms with Gasteiger partial charge in [0.15, 0.2) is 0 Å². The van der Waals surface area contributed by atoms with Crippen molar-refractivity contribution in [1.82, 2.24) is 9.97 Å². The van der Waals surface area contributed by atoms with Crippen molar-refractivity contribution in [2.75, 3.05) is 7.11 Å². The number of nitrogens with two attached hydrogens (primary N) is 1. The van der Waals surface area contributed by atoms with Crippen LogP contribution >= 0.6 is 0 Å². The van der Waals surface area contributed by atoms with E-state index in [1.54, 1.807) is 30.5 Å². The van der Waals surface area contributed by atoms with Crippen LogP contribution in [0.25, 0.3) is 11.3 Å². The number of nitrogens with zero attached hydrogens (tertiary/aromatic N) is 2. The number of phenolic OH excluding ortho intramolecular Hbond substituents is 1. The smallest absolute Gasteiger partial charge is 0.240 e. The van der Waals surface area contributed by atoms with Gasteiger partial charge in [-0.3, -0.25) is 0 Å². The number of hydrogen-bond donors (Lipinski definition) is 2. The summed E-state index contributed by atoms with van der Waals surface area (Å²) in [7, 11) is 1.54. The van der Waals surface area contributed by atoms with E-state index in [0.717, 1.165) is 5.56 Å². The van der Waals surface area contributed by atoms with Gasteiger partial charge in [-0.1, -0.05) is 0 Å². The number of aromatic nitrogens is 2. The predicted molar refractivity (Wildman–Crippen MR) is 63.6 cm³/mol. The lowest BCUT2D eigenvalue weighted by Gasteiger charge is -2.08. The van der Waals surface area contributed by atoms with E-state index in [0.29, 0.717) is 23.8 Å². The molecular formula is C12H13N3O2. The Balaban J connectivity index is 2.51. The highest BCUT2D eigenvalue weighted by Gasteiger charge is 2.10. The summed E-state index contributed by atoms with van der Waals surface area (Å²) in [6.07, 6.45) is 1.59. The maximum atomic E-state index is 9.24. The van der Waals surface area contributed by atoms with E-state index in [-0.39, 0.29) is 5.75 Å². The highest BCUT2D eigenvalue weighted by atomic mass is 16.5. The summed E-state index contributed by atoms with van der Waals surface area (Å²) in [4.78, 5) is 8.51. The predicted octanol–water partition coefficient (Wildman–Crippen LogP) is 1.32. The highest BCUT2D eigenvalue weighted by Crippen LogP contribution is 2.27. The number of benzene rings is 1. The molecule has 0 atom stereocenters. The van der Waals surface area contributed by atoms with Gasteiger partial charge in [0.05, 0.1) is 19.0 Å². The fourth-order valence-corrected chi connectivity index (χ4v) is 1.47. The second kappa shape index (κ2) is 4.80. The van der Waals surface area contributed by atoms with Crippen LogP contribution in [-0.2, 0) is 6.54 Å². The lowest BCUT2D eigenvalue weighted by molar-refractivity contribution is 0.397. The molecule has 0 aliphatic heterocycles. The molecule has 3 N–H and O–H groups in total. The summed E-state index contributed by atoms with van der Waals surface area (Å²) >= 11 is 0. The molecule has 1 aromatic heterocycles. The third kappa shape index (κ3) is 2.34. The van der Waals surface area contributed by atoms with E-state index < -0.39 is 0 Å². The summed E-state index contributed by atoms with van der Waals surface area (Å²) in [6.45, 7) is 0.322. The Morgan fingerprint density at radius 3 is 2.59 bits per heavy atom. The molecule has 2 aromatic rings. The minimum Gasteiger partial charge on any atom is -0.508 e. The molecule has 0 bridgehead atoms. The van der Waals surface area contributed by atoms with Crippen molar-refractivity contribution in [2.45, 2.75) is 6.54 Å². The Bertz CT molecular complexity index is 512. The molecule has 0 saturated heterocycles. The third-order valence-electron chi connectivity index (χ3n) is 2.33. The van der Waals surface area contributed by atoms with E-state index >= 15 is 0 Å². The van der Waals surface area contributed by atoms with E-state index in [4.69, 9.17) is 10.5 Å². The first-order chi connectivity index (χ1) is 8.24. The first-order valence-electron chi connectivity index (χ1n) is 5.14. The van der Waals surface area contributed by atoms with Gasteiger partial charge in [0.1, 0.15) is 11.4 Å². The van der Waals surface area contributed by atoms with Crippen molar-refractivity contribution in [3.63, 3.8) is 0 Å². The van der Waals surface area contributed by atoms with Crippen LogP contribution in [0.3, 0.4) is 0 Å². The van der Waals surface area contributed by atoms with Gasteiger partial charge in [-0.2, -0.15) is 0 Å². The molecule has 0 aliphatic rings. The molecule has 17 heavy (non-hydrogen) atoms. The molecule has 0 radical (unpaired) electrons. The van der Waals surface area contributed by atoms with E-state index in [1.807, 2.05) is 0 Å². The number of ether oxygens (including phenoxy) is 1. The Kier molecular flexibility index (Phi) is 3.20. The van der Waals surface area contributed by atoms with Gasteiger partial charge in [-0.15, -0.1) is 0 Å². The summed E-state index contributed by atoms with van der Waals surface area (Å²) in [5, 5.41) is 9.24. The first-order valence-corrected chi connectivity index (χ1v) is 5.14. The zero-order valence-corrected chi connectivity index (χ0v) is 9.42. The molecule has 0 saturated carbocycles. The monoisotopic (exact) mass is 231 g/mol. The van der Waals surface area contributed by atoms with Crippen LogP contribution in [0, 0.1) is 0 Å². The van der Waals surface area contributed by atoms with Crippen LogP contribution in [0.2, 0.25) is 0 Å². The number of phenols is 1. The van der Waals surface area contributed by atoms with Crippen LogP contribution in [0.15, 0.2) is 30.5 Å². The van der Waals surface area contributed by atoms with Crippen LogP contribution in [0.4, 0.5) is 0 Å². The molecular weight excluding hydrogens is 218 g/mol. The molecule has 88 valence electrons. The van der Waals surface area contributed by atoms with Crippen molar-refractivity contribution < 1.29 is 9.84 Å². The van der Waals surface area contributed by atoms with Gasteiger partial charge in [0.2, 0.25) is 5.88 Å². The van der Waals surface area contributed by atoms with Gasteiger partial charge in [0.25, 0.3) is 0 Å². The molecule has 0 spiro atoms. The van der Waals surface area contributed by atoms with Crippen LogP contribution in [-0.4, -0.2) is 22.2 Å². The zero-order valence-electron chi connectivity index (χ0n) is 9.42. The molecule has 5 nitrogen and oxygen atoms in total. The number of aromatic hydroxyl groups is 1. The van der Waals surface area contributed by atoms with Gasteiger partial charge < -0.3 is 15.6 Å². The van der Waals surface area contributed by atoms with Gasteiger partial charge >= 0.3 is 0 Å². The summed E-state index contributed by atoms with van der Waals surface area (Å²) in [6, 6.07) is 6.68. The van der Waals surface area contributed by atoms with Crippen molar-refractivity contribution >= 4 is 0 Å². The first kappa shape index (κ1) is 11.3. The van der Waals surface area contributed by atoms with Crippen molar-refractivity contribution in [3.8, 4) is 22.9 Å². The second-order valence-electron chi connectivity index (χ2n) is 3.47. The third-order valence-corrected chi connectivity index (χ3v) is 2.33. The van der Waals surface area contributed by atoms with Gasteiger partial charge in [-0.05, 0) is 24.3 Å². The van der Waals surface area contributed by atoms with Crippen molar-refractivity contribution in [2.24, 2.45) is 5.73 Å². The van der Waals surface area contributed by atoms with E-state index in [9.17, 15) is 5.11 Å². The normalized spacial score (nSPS) is 10.2. The minimum atomic E-state index is 0.204. The maximum absolute atomic E-state index is 9.24. The van der Waals surface area contributed by atoms with E-state index in [1.165, 1.54) is 7.11 Å². The Hall–Kier alpha value is -2.14. The van der Waals surface area contributed by atoms with Crippen LogP contribution in [0.5, 0.6) is 11.6 Å². The number of hydrogen-bond acceptors (Lipinski definition) is 5. The summed E-state index contributed by atoms with van der Waals surface area (Å²) < 4.78 is 5.15. The van der Waals surface area contributed by atoms with Crippen LogP contribution in [0.1, 0.15) is 5.69 Å².